The molecule has 0 bridgehead atoms. The van der Waals surface area contributed by atoms with Gasteiger partial charge in [0.1, 0.15) is 5.69 Å². The van der Waals surface area contributed by atoms with Gasteiger partial charge in [0, 0.05) is 21.9 Å². The molecule has 1 saturated carbocycles. The third kappa shape index (κ3) is 3.81. The van der Waals surface area contributed by atoms with Crippen molar-refractivity contribution in [1.29, 1.82) is 0 Å². The van der Waals surface area contributed by atoms with E-state index >= 15 is 0 Å². The Labute approximate surface area is 177 Å². The molecule has 29 heavy (non-hydrogen) atoms. The van der Waals surface area contributed by atoms with Crippen molar-refractivity contribution in [2.75, 3.05) is 5.32 Å². The van der Waals surface area contributed by atoms with E-state index in [1.54, 1.807) is 4.68 Å². The molecular weight excluding hydrogens is 404 g/mol. The zero-order valence-corrected chi connectivity index (χ0v) is 17.0. The van der Waals surface area contributed by atoms with Gasteiger partial charge in [-0.2, -0.15) is 5.10 Å². The Kier molecular flexibility index (Phi) is 4.66. The van der Waals surface area contributed by atoms with Crippen molar-refractivity contribution in [2.45, 2.75) is 18.8 Å². The van der Waals surface area contributed by atoms with E-state index in [9.17, 15) is 4.79 Å². The van der Waals surface area contributed by atoms with Crippen molar-refractivity contribution >= 4 is 34.0 Å². The predicted octanol–water partition coefficient (Wildman–Crippen LogP) is 5.78. The van der Waals surface area contributed by atoms with Crippen molar-refractivity contribution in [3.8, 4) is 16.9 Å². The predicted molar refractivity (Wildman–Crippen MR) is 116 cm³/mol. The summed E-state index contributed by atoms with van der Waals surface area (Å²) in [6.07, 6.45) is 2.26. The van der Waals surface area contributed by atoms with Crippen molar-refractivity contribution in [3.05, 3.63) is 82.5 Å². The molecule has 1 N–H and O–H groups in total. The van der Waals surface area contributed by atoms with Crippen molar-refractivity contribution < 1.29 is 4.79 Å². The molecule has 0 aliphatic heterocycles. The molecule has 144 valence electrons. The number of halogens is 1. The molecule has 1 fully saturated rings. The molecule has 5 nitrogen and oxygen atoms in total. The van der Waals surface area contributed by atoms with Gasteiger partial charge in [-0.05, 0) is 43.2 Å². The highest BCUT2D eigenvalue weighted by atomic mass is 35.5. The maximum absolute atomic E-state index is 13.0. The Morgan fingerprint density at radius 3 is 2.59 bits per heavy atom. The highest BCUT2D eigenvalue weighted by molar-refractivity contribution is 7.14. The minimum absolute atomic E-state index is 0.217. The fourth-order valence-electron chi connectivity index (χ4n) is 3.15. The fourth-order valence-corrected chi connectivity index (χ4v) is 3.99. The van der Waals surface area contributed by atoms with Gasteiger partial charge in [0.15, 0.2) is 5.13 Å². The lowest BCUT2D eigenvalue weighted by atomic mass is 10.2. The molecule has 0 atom stereocenters. The zero-order chi connectivity index (χ0) is 19.8. The first-order valence-corrected chi connectivity index (χ1v) is 10.6. The maximum Gasteiger partial charge on any atom is 0.276 e. The average molecular weight is 421 g/mol. The smallest absolute Gasteiger partial charge is 0.276 e. The van der Waals surface area contributed by atoms with E-state index in [0.29, 0.717) is 21.8 Å². The molecule has 2 aromatic carbocycles. The number of rotatable bonds is 5. The van der Waals surface area contributed by atoms with E-state index in [-0.39, 0.29) is 5.91 Å². The quantitative estimate of drug-likeness (QED) is 0.445. The number of aromatic nitrogens is 3. The van der Waals surface area contributed by atoms with Crippen LogP contribution in [0.15, 0.2) is 66.0 Å². The normalized spacial score (nSPS) is 13.4. The van der Waals surface area contributed by atoms with Crippen LogP contribution in [0, 0.1) is 0 Å². The van der Waals surface area contributed by atoms with Gasteiger partial charge in [0.05, 0.1) is 17.1 Å². The molecule has 0 saturated heterocycles. The Balaban J connectivity index is 1.42. The first-order valence-electron chi connectivity index (χ1n) is 9.35. The average Bonchev–Trinajstić information content (AvgIpc) is 3.32. The summed E-state index contributed by atoms with van der Waals surface area (Å²) >= 11 is 7.34. The van der Waals surface area contributed by atoms with Crippen LogP contribution in [0.25, 0.3) is 16.9 Å². The molecular formula is C22H17ClN4OS. The van der Waals surface area contributed by atoms with Crippen LogP contribution in [0.5, 0.6) is 0 Å². The Morgan fingerprint density at radius 1 is 1.10 bits per heavy atom. The number of benzene rings is 2. The lowest BCUT2D eigenvalue weighted by molar-refractivity contribution is 0.101. The van der Waals surface area contributed by atoms with Gasteiger partial charge in [-0.25, -0.2) is 9.67 Å². The second kappa shape index (κ2) is 7.46. The van der Waals surface area contributed by atoms with E-state index in [1.165, 1.54) is 11.3 Å². The number of nitrogens with one attached hydrogen (secondary N) is 1. The summed E-state index contributed by atoms with van der Waals surface area (Å²) in [5.74, 6) is 0.244. The first kappa shape index (κ1) is 18.1. The molecule has 0 unspecified atom stereocenters. The molecule has 0 radical (unpaired) electrons. The Bertz CT molecular complexity index is 1160. The molecule has 2 heterocycles. The number of hydrogen-bond donors (Lipinski definition) is 1. The summed E-state index contributed by atoms with van der Waals surface area (Å²) in [7, 11) is 0. The van der Waals surface area contributed by atoms with Crippen LogP contribution in [0.3, 0.4) is 0 Å². The lowest BCUT2D eigenvalue weighted by Gasteiger charge is -2.06. The van der Waals surface area contributed by atoms with E-state index in [2.05, 4.69) is 10.3 Å². The molecule has 1 aliphatic rings. The topological polar surface area (TPSA) is 59.8 Å². The van der Waals surface area contributed by atoms with E-state index in [4.69, 9.17) is 16.7 Å². The Morgan fingerprint density at radius 2 is 1.86 bits per heavy atom. The molecule has 4 aromatic rings. The van der Waals surface area contributed by atoms with Crippen LogP contribution in [-0.4, -0.2) is 20.7 Å². The minimum atomic E-state index is -0.217. The standard InChI is InChI=1S/C22H17ClN4OS/c23-16-10-8-15(9-11-16)19-13-29-22(24-19)25-21(28)20-12-18(14-6-7-14)26-27(20)17-4-2-1-3-5-17/h1-5,8-14H,6-7H2,(H,24,25,28). The van der Waals surface area contributed by atoms with Crippen molar-refractivity contribution in [1.82, 2.24) is 14.8 Å². The fraction of sp³-hybridized carbons (Fsp3) is 0.136. The molecule has 0 spiro atoms. The zero-order valence-electron chi connectivity index (χ0n) is 15.4. The van der Waals surface area contributed by atoms with Gasteiger partial charge in [0.25, 0.3) is 5.91 Å². The van der Waals surface area contributed by atoms with Crippen LogP contribution in [0.4, 0.5) is 5.13 Å². The third-order valence-corrected chi connectivity index (χ3v) is 5.83. The van der Waals surface area contributed by atoms with Crippen LogP contribution in [0.1, 0.15) is 34.9 Å². The number of anilines is 1. The van der Waals surface area contributed by atoms with Gasteiger partial charge in [0.2, 0.25) is 0 Å². The maximum atomic E-state index is 13.0. The first-order chi connectivity index (χ1) is 14.2. The van der Waals surface area contributed by atoms with E-state index in [0.717, 1.165) is 35.5 Å². The number of thiazole rings is 1. The van der Waals surface area contributed by atoms with Crippen LogP contribution < -0.4 is 5.32 Å². The highest BCUT2D eigenvalue weighted by Gasteiger charge is 2.29. The van der Waals surface area contributed by atoms with Crippen LogP contribution in [0.2, 0.25) is 5.02 Å². The van der Waals surface area contributed by atoms with E-state index < -0.39 is 0 Å². The number of para-hydroxylation sites is 1. The van der Waals surface area contributed by atoms with Crippen LogP contribution in [-0.2, 0) is 0 Å². The summed E-state index contributed by atoms with van der Waals surface area (Å²) < 4.78 is 1.72. The molecule has 7 heteroatoms. The summed E-state index contributed by atoms with van der Waals surface area (Å²) in [6, 6.07) is 19.1. The number of carbonyl (C=O) groups is 1. The van der Waals surface area contributed by atoms with Gasteiger partial charge in [-0.15, -0.1) is 11.3 Å². The van der Waals surface area contributed by atoms with Gasteiger partial charge < -0.3 is 0 Å². The second-order valence-electron chi connectivity index (χ2n) is 6.97. The SMILES string of the molecule is O=C(Nc1nc(-c2ccc(Cl)cc2)cs1)c1cc(C2CC2)nn1-c1ccccc1. The Hall–Kier alpha value is -2.96. The largest absolute Gasteiger partial charge is 0.296 e. The summed E-state index contributed by atoms with van der Waals surface area (Å²) in [5.41, 5.74) is 4.11. The third-order valence-electron chi connectivity index (χ3n) is 4.82. The summed E-state index contributed by atoms with van der Waals surface area (Å²) in [4.78, 5) is 17.6. The lowest BCUT2D eigenvalue weighted by Crippen LogP contribution is -2.16. The van der Waals surface area contributed by atoms with Crippen LogP contribution >= 0.6 is 22.9 Å². The summed E-state index contributed by atoms with van der Waals surface area (Å²) in [6.45, 7) is 0. The number of nitrogens with zero attached hydrogens (tertiary/aromatic N) is 3. The van der Waals surface area contributed by atoms with Gasteiger partial charge >= 0.3 is 0 Å². The van der Waals surface area contributed by atoms with Crippen molar-refractivity contribution in [2.24, 2.45) is 0 Å². The number of hydrogen-bond acceptors (Lipinski definition) is 4. The van der Waals surface area contributed by atoms with Gasteiger partial charge in [-0.3, -0.25) is 10.1 Å². The molecule has 1 aliphatic carbocycles. The molecule has 5 rings (SSSR count). The van der Waals surface area contributed by atoms with E-state index in [1.807, 2.05) is 66.0 Å². The number of amides is 1. The van der Waals surface area contributed by atoms with Gasteiger partial charge in [-0.1, -0.05) is 41.9 Å². The molecule has 1 amide bonds. The molecule has 2 aromatic heterocycles. The number of carbonyl (C=O) groups excluding carboxylic acids is 1. The monoisotopic (exact) mass is 420 g/mol. The van der Waals surface area contributed by atoms with Crippen molar-refractivity contribution in [3.63, 3.8) is 0 Å². The summed E-state index contributed by atoms with van der Waals surface area (Å²) in [5, 5.41) is 10.8. The highest BCUT2D eigenvalue weighted by Crippen LogP contribution is 2.40. The minimum Gasteiger partial charge on any atom is -0.296 e. The second-order valence-corrected chi connectivity index (χ2v) is 8.27.